The number of carbonyl (C=O) groups excluding carboxylic acids is 1. The molecule has 0 radical (unpaired) electrons. The van der Waals surface area contributed by atoms with Crippen LogP contribution in [0.15, 0.2) is 18.2 Å². The first-order valence-electron chi connectivity index (χ1n) is 7.77. The molecular formula is C17H22ClNO2. The Kier molecular flexibility index (Phi) is 3.98. The molecule has 0 bridgehead atoms. The lowest BCUT2D eigenvalue weighted by Crippen LogP contribution is -2.53. The van der Waals surface area contributed by atoms with Crippen molar-refractivity contribution in [1.82, 2.24) is 0 Å². The quantitative estimate of drug-likeness (QED) is 0.847. The maximum atomic E-state index is 11.4. The number of Topliss-reactive ketones (excluding diaryl/α,β-unsaturated/α-hetero) is 1. The van der Waals surface area contributed by atoms with E-state index in [1.165, 1.54) is 6.42 Å². The lowest BCUT2D eigenvalue weighted by Gasteiger charge is -2.48. The van der Waals surface area contributed by atoms with Gasteiger partial charge in [-0.3, -0.25) is 4.79 Å². The molecule has 1 saturated carbocycles. The van der Waals surface area contributed by atoms with Crippen LogP contribution >= 0.6 is 11.6 Å². The highest BCUT2D eigenvalue weighted by atomic mass is 35.5. The number of benzene rings is 1. The highest BCUT2D eigenvalue weighted by Crippen LogP contribution is 2.42. The third kappa shape index (κ3) is 2.82. The summed E-state index contributed by atoms with van der Waals surface area (Å²) in [5.41, 5.74) is 1.16. The molecule has 1 heterocycles. The summed E-state index contributed by atoms with van der Waals surface area (Å²) in [4.78, 5) is 13.7. The van der Waals surface area contributed by atoms with Crippen molar-refractivity contribution in [1.29, 1.82) is 0 Å². The van der Waals surface area contributed by atoms with Crippen LogP contribution in [0.25, 0.3) is 0 Å². The molecule has 0 spiro atoms. The third-order valence-electron chi connectivity index (χ3n) is 5.12. The molecule has 2 unspecified atom stereocenters. The Bertz CT molecular complexity index is 560. The van der Waals surface area contributed by atoms with Crippen molar-refractivity contribution in [2.45, 2.75) is 44.6 Å². The molecule has 0 amide bonds. The highest BCUT2D eigenvalue weighted by molar-refractivity contribution is 6.33. The first kappa shape index (κ1) is 14.9. The van der Waals surface area contributed by atoms with Crippen LogP contribution in [-0.2, 0) is 0 Å². The Hall–Kier alpha value is -1.06. The molecule has 2 fully saturated rings. The van der Waals surface area contributed by atoms with Crippen LogP contribution in [0.1, 0.15) is 49.4 Å². The van der Waals surface area contributed by atoms with Crippen molar-refractivity contribution in [3.8, 4) is 0 Å². The van der Waals surface area contributed by atoms with E-state index in [1.807, 2.05) is 12.1 Å². The van der Waals surface area contributed by atoms with Crippen molar-refractivity contribution in [2.75, 3.05) is 18.0 Å². The summed E-state index contributed by atoms with van der Waals surface area (Å²) in [6.07, 6.45) is 5.18. The number of ketones is 1. The van der Waals surface area contributed by atoms with Crippen LogP contribution in [0.5, 0.6) is 0 Å². The Labute approximate surface area is 130 Å². The number of aliphatic hydroxyl groups is 1. The smallest absolute Gasteiger partial charge is 0.159 e. The molecule has 0 aromatic heterocycles. The van der Waals surface area contributed by atoms with Gasteiger partial charge in [0.1, 0.15) is 0 Å². The summed E-state index contributed by atoms with van der Waals surface area (Å²) in [5, 5.41) is 11.4. The van der Waals surface area contributed by atoms with E-state index in [2.05, 4.69) is 4.90 Å². The van der Waals surface area contributed by atoms with Gasteiger partial charge in [-0.25, -0.2) is 0 Å². The summed E-state index contributed by atoms with van der Waals surface area (Å²) in [6, 6.07) is 5.53. The molecule has 3 nitrogen and oxygen atoms in total. The summed E-state index contributed by atoms with van der Waals surface area (Å²) >= 11 is 6.36. The van der Waals surface area contributed by atoms with Gasteiger partial charge in [0.05, 0.1) is 16.3 Å². The first-order chi connectivity index (χ1) is 9.99. The van der Waals surface area contributed by atoms with E-state index in [9.17, 15) is 9.90 Å². The number of nitrogens with zero attached hydrogens (tertiary/aromatic N) is 1. The van der Waals surface area contributed by atoms with E-state index in [4.69, 9.17) is 11.6 Å². The van der Waals surface area contributed by atoms with Gasteiger partial charge >= 0.3 is 0 Å². The van der Waals surface area contributed by atoms with Crippen molar-refractivity contribution in [2.24, 2.45) is 5.92 Å². The molecule has 1 aromatic rings. The molecule has 21 heavy (non-hydrogen) atoms. The molecule has 1 aromatic carbocycles. The Balaban J connectivity index is 1.81. The number of hydrogen-bond donors (Lipinski definition) is 1. The van der Waals surface area contributed by atoms with Crippen LogP contribution in [0.3, 0.4) is 0 Å². The van der Waals surface area contributed by atoms with Crippen molar-refractivity contribution in [3.63, 3.8) is 0 Å². The van der Waals surface area contributed by atoms with Crippen molar-refractivity contribution < 1.29 is 9.90 Å². The van der Waals surface area contributed by atoms with Crippen molar-refractivity contribution >= 4 is 23.1 Å². The van der Waals surface area contributed by atoms with E-state index in [-0.39, 0.29) is 5.78 Å². The van der Waals surface area contributed by atoms with Crippen LogP contribution in [0.2, 0.25) is 5.02 Å². The fourth-order valence-corrected chi connectivity index (χ4v) is 4.07. The van der Waals surface area contributed by atoms with E-state index >= 15 is 0 Å². The maximum absolute atomic E-state index is 11.4. The van der Waals surface area contributed by atoms with Gasteiger partial charge in [0, 0.05) is 24.6 Å². The zero-order chi connectivity index (χ0) is 15.0. The summed E-state index contributed by atoms with van der Waals surface area (Å²) < 4.78 is 0. The summed E-state index contributed by atoms with van der Waals surface area (Å²) in [6.45, 7) is 3.23. The Morgan fingerprint density at radius 2 is 2.19 bits per heavy atom. The van der Waals surface area contributed by atoms with Gasteiger partial charge in [-0.15, -0.1) is 0 Å². The monoisotopic (exact) mass is 307 g/mol. The number of fused-ring (bicyclic) bond motifs is 1. The first-order valence-corrected chi connectivity index (χ1v) is 8.15. The number of rotatable bonds is 2. The molecule has 2 aliphatic rings. The van der Waals surface area contributed by atoms with Crippen molar-refractivity contribution in [3.05, 3.63) is 28.8 Å². The van der Waals surface area contributed by atoms with E-state index in [0.29, 0.717) is 16.5 Å². The van der Waals surface area contributed by atoms with Crippen LogP contribution in [0.4, 0.5) is 5.69 Å². The number of carbonyl (C=O) groups is 1. The summed E-state index contributed by atoms with van der Waals surface area (Å²) in [5.74, 6) is 0.368. The molecule has 4 heteroatoms. The van der Waals surface area contributed by atoms with Gasteiger partial charge in [0.25, 0.3) is 0 Å². The molecule has 3 rings (SSSR count). The SMILES string of the molecule is CC(=O)c1ccc(N2CCC3(O)CCCCC3C2)c(Cl)c1. The normalized spacial score (nSPS) is 29.1. The number of piperidine rings is 1. The largest absolute Gasteiger partial charge is 0.389 e. The minimum absolute atomic E-state index is 0.0312. The molecule has 1 N–H and O–H groups in total. The van der Waals surface area contributed by atoms with E-state index in [0.717, 1.165) is 44.5 Å². The van der Waals surface area contributed by atoms with Gasteiger partial charge in [-0.1, -0.05) is 24.4 Å². The highest BCUT2D eigenvalue weighted by Gasteiger charge is 2.42. The molecule has 114 valence electrons. The second-order valence-corrected chi connectivity index (χ2v) is 6.87. The lowest BCUT2D eigenvalue weighted by molar-refractivity contribution is -0.0612. The zero-order valence-electron chi connectivity index (χ0n) is 12.4. The fourth-order valence-electron chi connectivity index (χ4n) is 3.77. The van der Waals surface area contributed by atoms with E-state index in [1.54, 1.807) is 13.0 Å². The predicted octanol–water partition coefficient (Wildman–Crippen LogP) is 3.67. The minimum atomic E-state index is -0.472. The Morgan fingerprint density at radius 3 is 2.90 bits per heavy atom. The molecule has 1 saturated heterocycles. The molecule has 2 atom stereocenters. The second kappa shape index (κ2) is 5.62. The fraction of sp³-hybridized carbons (Fsp3) is 0.588. The number of halogens is 1. The average molecular weight is 308 g/mol. The summed E-state index contributed by atoms with van der Waals surface area (Å²) in [7, 11) is 0. The van der Waals surface area contributed by atoms with Gasteiger partial charge in [-0.05, 0) is 44.4 Å². The van der Waals surface area contributed by atoms with Gasteiger partial charge in [0.15, 0.2) is 5.78 Å². The predicted molar refractivity (Wildman–Crippen MR) is 85.2 cm³/mol. The lowest BCUT2D eigenvalue weighted by atomic mass is 9.71. The minimum Gasteiger partial charge on any atom is -0.389 e. The maximum Gasteiger partial charge on any atom is 0.159 e. The van der Waals surface area contributed by atoms with E-state index < -0.39 is 5.60 Å². The average Bonchev–Trinajstić information content (AvgIpc) is 2.46. The van der Waals surface area contributed by atoms with Gasteiger partial charge in [-0.2, -0.15) is 0 Å². The molecule has 1 aliphatic heterocycles. The standard InChI is InChI=1S/C17H22ClNO2/c1-12(20)13-5-6-16(15(18)10-13)19-9-8-17(21)7-3-2-4-14(17)11-19/h5-6,10,14,21H,2-4,7-9,11H2,1H3. The zero-order valence-corrected chi connectivity index (χ0v) is 13.2. The molecular weight excluding hydrogens is 286 g/mol. The van der Waals surface area contributed by atoms with Crippen LogP contribution < -0.4 is 4.90 Å². The van der Waals surface area contributed by atoms with Gasteiger partial charge in [0.2, 0.25) is 0 Å². The molecule has 1 aliphatic carbocycles. The Morgan fingerprint density at radius 1 is 1.38 bits per heavy atom. The number of anilines is 1. The number of hydrogen-bond acceptors (Lipinski definition) is 3. The van der Waals surface area contributed by atoms with Crippen LogP contribution in [0, 0.1) is 5.92 Å². The van der Waals surface area contributed by atoms with Crippen LogP contribution in [-0.4, -0.2) is 29.6 Å². The third-order valence-corrected chi connectivity index (χ3v) is 5.43. The van der Waals surface area contributed by atoms with Gasteiger partial charge < -0.3 is 10.0 Å². The second-order valence-electron chi connectivity index (χ2n) is 6.46. The topological polar surface area (TPSA) is 40.5 Å².